The molecule has 2 atom stereocenters. The quantitative estimate of drug-likeness (QED) is 0.779. The highest BCUT2D eigenvalue weighted by atomic mass is 19.1. The molecule has 0 aliphatic rings. The average molecular weight is 232 g/mol. The van der Waals surface area contributed by atoms with Crippen molar-refractivity contribution in [3.8, 4) is 5.75 Å². The van der Waals surface area contributed by atoms with E-state index in [1.807, 2.05) is 0 Å². The van der Waals surface area contributed by atoms with Crippen LogP contribution in [0.4, 0.5) is 8.78 Å². The summed E-state index contributed by atoms with van der Waals surface area (Å²) in [5.41, 5.74) is 0.387. The molecule has 0 aliphatic heterocycles. The SMILES string of the molecule is OC(CF)C(O)c1ccc(OCCF)cc1. The van der Waals surface area contributed by atoms with Crippen LogP contribution in [0, 0.1) is 0 Å². The number of alkyl halides is 2. The van der Waals surface area contributed by atoms with Crippen LogP contribution in [-0.2, 0) is 0 Å². The first-order valence-electron chi connectivity index (χ1n) is 4.90. The zero-order valence-corrected chi connectivity index (χ0v) is 8.64. The molecule has 2 unspecified atom stereocenters. The molecule has 0 radical (unpaired) electrons. The van der Waals surface area contributed by atoms with Gasteiger partial charge in [0.05, 0.1) is 0 Å². The molecule has 3 nitrogen and oxygen atoms in total. The number of aliphatic hydroxyl groups is 2. The van der Waals surface area contributed by atoms with Crippen LogP contribution in [0.3, 0.4) is 0 Å². The Kier molecular flexibility index (Phi) is 5.14. The number of hydrogen-bond donors (Lipinski definition) is 2. The zero-order valence-electron chi connectivity index (χ0n) is 8.64. The van der Waals surface area contributed by atoms with Gasteiger partial charge in [0.25, 0.3) is 0 Å². The smallest absolute Gasteiger partial charge is 0.123 e. The molecule has 90 valence electrons. The Hall–Kier alpha value is -1.20. The molecule has 2 N–H and O–H groups in total. The molecule has 0 aliphatic carbocycles. The number of ether oxygens (including phenoxy) is 1. The van der Waals surface area contributed by atoms with Crippen LogP contribution in [0.25, 0.3) is 0 Å². The first-order chi connectivity index (χ1) is 7.69. The minimum absolute atomic E-state index is 0.0327. The summed E-state index contributed by atoms with van der Waals surface area (Å²) in [6, 6.07) is 6.05. The number of hydrogen-bond acceptors (Lipinski definition) is 3. The third-order valence-electron chi connectivity index (χ3n) is 2.09. The highest BCUT2D eigenvalue weighted by Gasteiger charge is 2.17. The first kappa shape index (κ1) is 12.9. The number of rotatable bonds is 6. The molecule has 0 aromatic heterocycles. The van der Waals surface area contributed by atoms with Gasteiger partial charge in [0.1, 0.15) is 37.9 Å². The second-order valence-electron chi connectivity index (χ2n) is 3.27. The van der Waals surface area contributed by atoms with Crippen LogP contribution in [0.15, 0.2) is 24.3 Å². The van der Waals surface area contributed by atoms with Gasteiger partial charge in [-0.15, -0.1) is 0 Å². The van der Waals surface area contributed by atoms with E-state index in [4.69, 9.17) is 9.84 Å². The standard InChI is InChI=1S/C11H14F2O3/c12-5-6-16-9-3-1-8(2-4-9)11(15)10(14)7-13/h1-4,10-11,14-15H,5-7H2. The molecule has 0 amide bonds. The van der Waals surface area contributed by atoms with E-state index >= 15 is 0 Å². The summed E-state index contributed by atoms with van der Waals surface area (Å²) in [5.74, 6) is 0.461. The van der Waals surface area contributed by atoms with Gasteiger partial charge in [-0.3, -0.25) is 0 Å². The Morgan fingerprint density at radius 2 is 1.75 bits per heavy atom. The molecule has 5 heteroatoms. The molecule has 1 rings (SSSR count). The fourth-order valence-corrected chi connectivity index (χ4v) is 1.22. The lowest BCUT2D eigenvalue weighted by Crippen LogP contribution is -2.19. The van der Waals surface area contributed by atoms with Crippen molar-refractivity contribution in [1.29, 1.82) is 0 Å². The minimum Gasteiger partial charge on any atom is -0.491 e. The second-order valence-corrected chi connectivity index (χ2v) is 3.27. The van der Waals surface area contributed by atoms with Crippen molar-refractivity contribution < 1.29 is 23.7 Å². The van der Waals surface area contributed by atoms with Crippen LogP contribution < -0.4 is 4.74 Å². The van der Waals surface area contributed by atoms with E-state index in [-0.39, 0.29) is 6.61 Å². The van der Waals surface area contributed by atoms with Crippen LogP contribution in [-0.4, -0.2) is 36.3 Å². The second kappa shape index (κ2) is 6.40. The summed E-state index contributed by atoms with van der Waals surface area (Å²) in [7, 11) is 0. The van der Waals surface area contributed by atoms with Crippen molar-refractivity contribution in [1.82, 2.24) is 0 Å². The Bertz CT molecular complexity index is 303. The lowest BCUT2D eigenvalue weighted by atomic mass is 10.1. The van der Waals surface area contributed by atoms with Gasteiger partial charge < -0.3 is 14.9 Å². The van der Waals surface area contributed by atoms with Gasteiger partial charge in [0, 0.05) is 0 Å². The maximum atomic E-state index is 12.1. The Morgan fingerprint density at radius 3 is 2.25 bits per heavy atom. The predicted molar refractivity (Wildman–Crippen MR) is 54.9 cm³/mol. The van der Waals surface area contributed by atoms with Gasteiger partial charge in [0.15, 0.2) is 0 Å². The summed E-state index contributed by atoms with van der Waals surface area (Å²) in [6.45, 7) is -1.62. The lowest BCUT2D eigenvalue weighted by molar-refractivity contribution is 0.00404. The van der Waals surface area contributed by atoms with Crippen molar-refractivity contribution in [2.45, 2.75) is 12.2 Å². The first-order valence-corrected chi connectivity index (χ1v) is 4.90. The van der Waals surface area contributed by atoms with E-state index in [1.54, 1.807) is 0 Å². The summed E-state index contributed by atoms with van der Waals surface area (Å²) >= 11 is 0. The van der Waals surface area contributed by atoms with Crippen molar-refractivity contribution >= 4 is 0 Å². The molecular formula is C11H14F2O3. The van der Waals surface area contributed by atoms with Crippen molar-refractivity contribution in [2.24, 2.45) is 0 Å². The van der Waals surface area contributed by atoms with E-state index in [0.29, 0.717) is 11.3 Å². The van der Waals surface area contributed by atoms with E-state index in [1.165, 1.54) is 24.3 Å². The van der Waals surface area contributed by atoms with Crippen LogP contribution in [0.1, 0.15) is 11.7 Å². The van der Waals surface area contributed by atoms with Crippen molar-refractivity contribution in [3.05, 3.63) is 29.8 Å². The Labute approximate surface area is 92.3 Å². The normalized spacial score (nSPS) is 14.5. The van der Waals surface area contributed by atoms with Crippen molar-refractivity contribution in [3.63, 3.8) is 0 Å². The fourth-order valence-electron chi connectivity index (χ4n) is 1.22. The minimum atomic E-state index is -1.43. The Balaban J connectivity index is 2.63. The third kappa shape index (κ3) is 3.43. The van der Waals surface area contributed by atoms with E-state index in [0.717, 1.165) is 0 Å². The molecule has 0 heterocycles. The topological polar surface area (TPSA) is 49.7 Å². The van der Waals surface area contributed by atoms with Crippen LogP contribution >= 0.6 is 0 Å². The molecule has 1 aromatic carbocycles. The number of halogens is 2. The Morgan fingerprint density at radius 1 is 1.12 bits per heavy atom. The molecular weight excluding hydrogens is 218 g/mol. The van der Waals surface area contributed by atoms with Gasteiger partial charge in [-0.05, 0) is 17.7 Å². The molecule has 0 bridgehead atoms. The predicted octanol–water partition coefficient (Wildman–Crippen LogP) is 1.40. The molecule has 0 spiro atoms. The van der Waals surface area contributed by atoms with Crippen LogP contribution in [0.5, 0.6) is 5.75 Å². The van der Waals surface area contributed by atoms with E-state index < -0.39 is 25.6 Å². The van der Waals surface area contributed by atoms with Crippen molar-refractivity contribution in [2.75, 3.05) is 20.0 Å². The largest absolute Gasteiger partial charge is 0.491 e. The number of aliphatic hydroxyl groups excluding tert-OH is 2. The molecule has 0 saturated heterocycles. The molecule has 0 fully saturated rings. The zero-order chi connectivity index (χ0) is 12.0. The van der Waals surface area contributed by atoms with Crippen LogP contribution in [0.2, 0.25) is 0 Å². The lowest BCUT2D eigenvalue weighted by Gasteiger charge is -2.15. The molecule has 0 saturated carbocycles. The van der Waals surface area contributed by atoms with Gasteiger partial charge in [-0.1, -0.05) is 12.1 Å². The monoisotopic (exact) mass is 232 g/mol. The maximum Gasteiger partial charge on any atom is 0.123 e. The summed E-state index contributed by atoms with van der Waals surface area (Å²) < 4.78 is 28.9. The molecule has 16 heavy (non-hydrogen) atoms. The molecule has 1 aromatic rings. The fraction of sp³-hybridized carbons (Fsp3) is 0.455. The summed E-state index contributed by atoms with van der Waals surface area (Å²) in [6.07, 6.45) is -2.70. The maximum absolute atomic E-state index is 12.1. The average Bonchev–Trinajstić information content (AvgIpc) is 2.35. The number of benzene rings is 1. The highest BCUT2D eigenvalue weighted by Crippen LogP contribution is 2.20. The highest BCUT2D eigenvalue weighted by molar-refractivity contribution is 5.28. The van der Waals surface area contributed by atoms with E-state index in [2.05, 4.69) is 0 Å². The van der Waals surface area contributed by atoms with Gasteiger partial charge in [-0.2, -0.15) is 0 Å². The van der Waals surface area contributed by atoms with Gasteiger partial charge in [-0.25, -0.2) is 8.78 Å². The van der Waals surface area contributed by atoms with Gasteiger partial charge in [0.2, 0.25) is 0 Å². The summed E-state index contributed by atoms with van der Waals surface area (Å²) in [4.78, 5) is 0. The van der Waals surface area contributed by atoms with Gasteiger partial charge >= 0.3 is 0 Å². The summed E-state index contributed by atoms with van der Waals surface area (Å²) in [5, 5.41) is 18.5. The van der Waals surface area contributed by atoms with E-state index in [9.17, 15) is 13.9 Å². The third-order valence-corrected chi connectivity index (χ3v) is 2.09.